The highest BCUT2D eigenvalue weighted by Gasteiger charge is 2.36. The van der Waals surface area contributed by atoms with Gasteiger partial charge in [0.15, 0.2) is 0 Å². The first-order valence-electron chi connectivity index (χ1n) is 11.3. The lowest BCUT2D eigenvalue weighted by molar-refractivity contribution is -0.0480. The van der Waals surface area contributed by atoms with Crippen LogP contribution >= 0.6 is 11.6 Å². The first-order valence-corrected chi connectivity index (χ1v) is 11.7. The van der Waals surface area contributed by atoms with E-state index in [1.807, 2.05) is 49.4 Å². The highest BCUT2D eigenvalue weighted by molar-refractivity contribution is 6.30. The number of aliphatic hydroxyl groups is 1. The fraction of sp³-hybridized carbons (Fsp3) is 0.321. The Labute approximate surface area is 210 Å². The van der Waals surface area contributed by atoms with E-state index in [9.17, 15) is 19.1 Å². The number of nitrogens with zero attached hydrogens (tertiary/aromatic N) is 1. The van der Waals surface area contributed by atoms with Gasteiger partial charge in [0.1, 0.15) is 17.2 Å². The van der Waals surface area contributed by atoms with E-state index >= 15 is 0 Å². The fourth-order valence-corrected chi connectivity index (χ4v) is 4.55. The number of hydrogen-bond acceptors (Lipinski definition) is 4. The second kappa shape index (κ2) is 11.7. The second-order valence-corrected chi connectivity index (χ2v) is 9.49. The quantitative estimate of drug-likeness (QED) is 0.363. The molecule has 0 saturated carbocycles. The van der Waals surface area contributed by atoms with Gasteiger partial charge in [-0.3, -0.25) is 0 Å². The van der Waals surface area contributed by atoms with Gasteiger partial charge in [-0.05, 0) is 73.4 Å². The number of ether oxygens (including phenoxy) is 1. The summed E-state index contributed by atoms with van der Waals surface area (Å²) in [4.78, 5) is 0. The van der Waals surface area contributed by atoms with Crippen molar-refractivity contribution in [3.8, 4) is 6.07 Å². The Hall–Kier alpha value is -2.82. The minimum absolute atomic E-state index is 0.0543. The topological polar surface area (TPSA) is 65.3 Å². The molecule has 0 amide bonds. The number of methoxy groups -OCH3 is 1. The average molecular weight is 499 g/mol. The first-order chi connectivity index (χ1) is 16.6. The van der Waals surface area contributed by atoms with Gasteiger partial charge in [0.05, 0.1) is 24.3 Å². The summed E-state index contributed by atoms with van der Waals surface area (Å²) in [6.45, 7) is 3.46. The van der Waals surface area contributed by atoms with Gasteiger partial charge in [0.25, 0.3) is 0 Å². The SMILES string of the molecule is COCC(C)(O)C(NC(C)C(Cc1ccc(Cl)cc1)c1cccc(C#N)c1)c1cc(F)cc(F)c1. The van der Waals surface area contributed by atoms with Crippen LogP contribution in [0.15, 0.2) is 66.7 Å². The Morgan fingerprint density at radius 3 is 2.31 bits per heavy atom. The van der Waals surface area contributed by atoms with Crippen LogP contribution in [0, 0.1) is 23.0 Å². The van der Waals surface area contributed by atoms with E-state index in [1.165, 1.54) is 19.2 Å². The number of halogens is 3. The fourth-order valence-electron chi connectivity index (χ4n) is 4.43. The smallest absolute Gasteiger partial charge is 0.126 e. The van der Waals surface area contributed by atoms with Gasteiger partial charge in [0, 0.05) is 30.2 Å². The van der Waals surface area contributed by atoms with Crippen LogP contribution in [0.1, 0.15) is 48.1 Å². The highest BCUT2D eigenvalue weighted by atomic mass is 35.5. The largest absolute Gasteiger partial charge is 0.386 e. The van der Waals surface area contributed by atoms with E-state index < -0.39 is 23.3 Å². The summed E-state index contributed by atoms with van der Waals surface area (Å²) >= 11 is 6.06. The normalized spacial score (nSPS) is 15.6. The Bertz CT molecular complexity index is 1160. The summed E-state index contributed by atoms with van der Waals surface area (Å²) in [5, 5.41) is 24.7. The number of benzene rings is 3. The molecule has 35 heavy (non-hydrogen) atoms. The van der Waals surface area contributed by atoms with E-state index in [0.29, 0.717) is 17.0 Å². The zero-order chi connectivity index (χ0) is 25.6. The summed E-state index contributed by atoms with van der Waals surface area (Å²) in [6.07, 6.45) is 0.608. The van der Waals surface area contributed by atoms with Crippen molar-refractivity contribution in [3.05, 3.63) is 106 Å². The molecule has 3 aromatic rings. The van der Waals surface area contributed by atoms with E-state index in [4.69, 9.17) is 16.3 Å². The summed E-state index contributed by atoms with van der Waals surface area (Å²) in [7, 11) is 1.46. The van der Waals surface area contributed by atoms with Crippen LogP contribution in [0.4, 0.5) is 8.78 Å². The van der Waals surface area contributed by atoms with Crippen molar-refractivity contribution in [3.63, 3.8) is 0 Å². The van der Waals surface area contributed by atoms with Crippen LogP contribution in [0.2, 0.25) is 5.02 Å². The van der Waals surface area contributed by atoms with Crippen LogP contribution < -0.4 is 5.32 Å². The van der Waals surface area contributed by atoms with Crippen molar-refractivity contribution in [1.29, 1.82) is 5.26 Å². The molecule has 0 bridgehead atoms. The van der Waals surface area contributed by atoms with Crippen molar-refractivity contribution < 1.29 is 18.6 Å². The maximum atomic E-state index is 14.1. The molecule has 0 radical (unpaired) electrons. The van der Waals surface area contributed by atoms with E-state index in [1.54, 1.807) is 13.0 Å². The minimum atomic E-state index is -1.47. The van der Waals surface area contributed by atoms with Gasteiger partial charge in [-0.2, -0.15) is 5.26 Å². The molecule has 184 valence electrons. The molecule has 4 nitrogen and oxygen atoms in total. The lowest BCUT2D eigenvalue weighted by Gasteiger charge is -2.38. The van der Waals surface area contributed by atoms with E-state index in [0.717, 1.165) is 17.2 Å². The Kier molecular flexibility index (Phi) is 8.98. The minimum Gasteiger partial charge on any atom is -0.386 e. The molecule has 0 aliphatic heterocycles. The third-order valence-corrected chi connectivity index (χ3v) is 6.37. The number of rotatable bonds is 10. The second-order valence-electron chi connectivity index (χ2n) is 9.06. The highest BCUT2D eigenvalue weighted by Crippen LogP contribution is 2.32. The van der Waals surface area contributed by atoms with Crippen LogP contribution in [0.5, 0.6) is 0 Å². The third kappa shape index (κ3) is 7.09. The van der Waals surface area contributed by atoms with Crippen molar-refractivity contribution in [1.82, 2.24) is 5.32 Å². The maximum absolute atomic E-state index is 14.1. The molecule has 0 saturated heterocycles. The molecular formula is C28H29ClF2N2O2. The van der Waals surface area contributed by atoms with Gasteiger partial charge in [0.2, 0.25) is 0 Å². The summed E-state index contributed by atoms with van der Waals surface area (Å²) in [5.74, 6) is -1.59. The molecule has 0 aliphatic carbocycles. The molecule has 0 fully saturated rings. The van der Waals surface area contributed by atoms with Crippen molar-refractivity contribution >= 4 is 11.6 Å². The molecule has 0 aliphatic rings. The van der Waals surface area contributed by atoms with E-state index in [2.05, 4.69) is 11.4 Å². The van der Waals surface area contributed by atoms with Gasteiger partial charge >= 0.3 is 0 Å². The van der Waals surface area contributed by atoms with Crippen molar-refractivity contribution in [2.45, 2.75) is 43.9 Å². The summed E-state index contributed by atoms with van der Waals surface area (Å²) in [6, 6.07) is 19.1. The molecular weight excluding hydrogens is 470 g/mol. The van der Waals surface area contributed by atoms with Gasteiger partial charge in [-0.25, -0.2) is 8.78 Å². The van der Waals surface area contributed by atoms with Crippen LogP contribution in [-0.2, 0) is 11.2 Å². The molecule has 0 aromatic heterocycles. The summed E-state index contributed by atoms with van der Waals surface area (Å²) in [5.41, 5.74) is 1.29. The number of nitriles is 1. The molecule has 4 atom stereocenters. The van der Waals surface area contributed by atoms with Gasteiger partial charge in [-0.1, -0.05) is 35.9 Å². The lowest BCUT2D eigenvalue weighted by atomic mass is 9.83. The lowest BCUT2D eigenvalue weighted by Crippen LogP contribution is -2.49. The van der Waals surface area contributed by atoms with Gasteiger partial charge in [-0.15, -0.1) is 0 Å². The summed E-state index contributed by atoms with van der Waals surface area (Å²) < 4.78 is 33.4. The Morgan fingerprint density at radius 1 is 1.06 bits per heavy atom. The molecule has 7 heteroatoms. The molecule has 4 unspecified atom stereocenters. The molecule has 0 spiro atoms. The predicted octanol–water partition coefficient (Wildman–Crippen LogP) is 5.93. The molecule has 2 N–H and O–H groups in total. The maximum Gasteiger partial charge on any atom is 0.126 e. The molecule has 3 rings (SSSR count). The average Bonchev–Trinajstić information content (AvgIpc) is 2.81. The number of nitrogens with one attached hydrogen (secondary N) is 1. The molecule has 3 aromatic carbocycles. The zero-order valence-electron chi connectivity index (χ0n) is 19.9. The third-order valence-electron chi connectivity index (χ3n) is 6.12. The van der Waals surface area contributed by atoms with E-state index in [-0.39, 0.29) is 24.1 Å². The first kappa shape index (κ1) is 26.8. The Morgan fingerprint density at radius 2 is 1.71 bits per heavy atom. The monoisotopic (exact) mass is 498 g/mol. The van der Waals surface area contributed by atoms with Crippen molar-refractivity contribution in [2.24, 2.45) is 0 Å². The predicted molar refractivity (Wildman–Crippen MR) is 133 cm³/mol. The Balaban J connectivity index is 2.01. The van der Waals surface area contributed by atoms with Crippen LogP contribution in [0.3, 0.4) is 0 Å². The molecule has 0 heterocycles. The number of hydrogen-bond donors (Lipinski definition) is 2. The van der Waals surface area contributed by atoms with Crippen LogP contribution in [-0.4, -0.2) is 30.5 Å². The van der Waals surface area contributed by atoms with Crippen molar-refractivity contribution in [2.75, 3.05) is 13.7 Å². The standard InChI is InChI=1S/C28H29ClF2N2O2/c1-18(33-27(28(2,34)17-35-3)22-13-24(30)15-25(31)14-22)26(12-19-7-9-23(29)10-8-19)21-6-4-5-20(11-21)16-32/h4-11,13-15,18,26-27,33-34H,12,17H2,1-3H3. The van der Waals surface area contributed by atoms with Crippen LogP contribution in [0.25, 0.3) is 0 Å². The zero-order valence-corrected chi connectivity index (χ0v) is 20.7. The van der Waals surface area contributed by atoms with Gasteiger partial charge < -0.3 is 15.2 Å².